The van der Waals surface area contributed by atoms with Gasteiger partial charge in [0.25, 0.3) is 0 Å². The molecule has 1 aliphatic rings. The van der Waals surface area contributed by atoms with Crippen molar-refractivity contribution in [3.8, 4) is 23.8 Å². The van der Waals surface area contributed by atoms with Crippen LogP contribution in [0.2, 0.25) is 0 Å². The van der Waals surface area contributed by atoms with E-state index in [0.29, 0.717) is 12.6 Å². The summed E-state index contributed by atoms with van der Waals surface area (Å²) >= 11 is 0. The van der Waals surface area contributed by atoms with Crippen molar-refractivity contribution >= 4 is 12.4 Å². The summed E-state index contributed by atoms with van der Waals surface area (Å²) in [7, 11) is 0. The van der Waals surface area contributed by atoms with Gasteiger partial charge in [-0.2, -0.15) is 0 Å². The first-order valence-electron chi connectivity index (χ1n) is 7.39. The third kappa shape index (κ3) is 5.49. The van der Waals surface area contributed by atoms with Crippen LogP contribution in [0.5, 0.6) is 11.5 Å². The number of ether oxygens (including phenoxy) is 2. The molecule has 0 heterocycles. The zero-order chi connectivity index (χ0) is 14.2. The van der Waals surface area contributed by atoms with Gasteiger partial charge in [-0.05, 0) is 37.5 Å². The predicted octanol–water partition coefficient (Wildman–Crippen LogP) is 3.55. The number of benzene rings is 1. The molecule has 2 rings (SSSR count). The van der Waals surface area contributed by atoms with Crippen molar-refractivity contribution in [2.24, 2.45) is 0 Å². The topological polar surface area (TPSA) is 30.5 Å². The molecule has 116 valence electrons. The largest absolute Gasteiger partial charge is 0.490 e. The molecule has 0 atom stereocenters. The first kappa shape index (κ1) is 17.7. The molecule has 1 aliphatic carbocycles. The van der Waals surface area contributed by atoms with Crippen LogP contribution in [0.15, 0.2) is 18.2 Å². The van der Waals surface area contributed by atoms with Crippen LogP contribution in [0.25, 0.3) is 0 Å². The molecule has 1 aromatic carbocycles. The number of rotatable bonds is 7. The first-order chi connectivity index (χ1) is 9.83. The molecule has 0 spiro atoms. The Kier molecular flexibility index (Phi) is 8.04. The summed E-state index contributed by atoms with van der Waals surface area (Å²) < 4.78 is 11.1. The molecule has 4 heteroatoms. The van der Waals surface area contributed by atoms with Gasteiger partial charge in [0.1, 0.15) is 6.61 Å². The lowest BCUT2D eigenvalue weighted by molar-refractivity contribution is 0.299. The van der Waals surface area contributed by atoms with Gasteiger partial charge in [0.05, 0.1) is 6.61 Å². The summed E-state index contributed by atoms with van der Waals surface area (Å²) in [5.41, 5.74) is 1.22. The van der Waals surface area contributed by atoms with E-state index in [1.807, 2.05) is 19.1 Å². The fourth-order valence-electron chi connectivity index (χ4n) is 2.56. The second kappa shape index (κ2) is 9.55. The third-order valence-electron chi connectivity index (χ3n) is 3.57. The Labute approximate surface area is 133 Å². The molecule has 1 N–H and O–H groups in total. The van der Waals surface area contributed by atoms with Gasteiger partial charge in [0, 0.05) is 12.6 Å². The van der Waals surface area contributed by atoms with Gasteiger partial charge in [-0.25, -0.2) is 0 Å². The molecular formula is C17H24ClNO2. The average molecular weight is 310 g/mol. The van der Waals surface area contributed by atoms with Gasteiger partial charge < -0.3 is 14.8 Å². The van der Waals surface area contributed by atoms with Gasteiger partial charge in [-0.3, -0.25) is 0 Å². The Balaban J connectivity index is 0.00000220. The Morgan fingerprint density at radius 2 is 2.00 bits per heavy atom. The van der Waals surface area contributed by atoms with E-state index in [9.17, 15) is 0 Å². The number of terminal acetylenes is 1. The summed E-state index contributed by atoms with van der Waals surface area (Å²) in [5, 5.41) is 3.60. The molecule has 21 heavy (non-hydrogen) atoms. The van der Waals surface area contributed by atoms with Crippen LogP contribution in [-0.4, -0.2) is 19.3 Å². The van der Waals surface area contributed by atoms with Crippen molar-refractivity contribution in [3.05, 3.63) is 23.8 Å². The Morgan fingerprint density at radius 1 is 1.24 bits per heavy atom. The van der Waals surface area contributed by atoms with Crippen molar-refractivity contribution in [1.29, 1.82) is 0 Å². The molecule has 3 nitrogen and oxygen atoms in total. The highest BCUT2D eigenvalue weighted by Crippen LogP contribution is 2.28. The first-order valence-corrected chi connectivity index (χ1v) is 7.39. The minimum Gasteiger partial charge on any atom is -0.490 e. The highest BCUT2D eigenvalue weighted by molar-refractivity contribution is 5.85. The standard InChI is InChI=1S/C17H23NO2.ClH/c1-3-11-20-16-10-9-14(12-17(16)19-4-2)13-18-15-7-5-6-8-15;/h1,9-10,12,15,18H,4-8,11,13H2,2H3;1H. The van der Waals surface area contributed by atoms with E-state index in [2.05, 4.69) is 17.3 Å². The van der Waals surface area contributed by atoms with E-state index in [-0.39, 0.29) is 19.0 Å². The van der Waals surface area contributed by atoms with E-state index in [1.54, 1.807) is 0 Å². The van der Waals surface area contributed by atoms with Crippen LogP contribution in [0.1, 0.15) is 38.2 Å². The second-order valence-electron chi connectivity index (χ2n) is 5.07. The Bertz CT molecular complexity index is 464. The van der Waals surface area contributed by atoms with Gasteiger partial charge in [-0.15, -0.1) is 18.8 Å². The fraction of sp³-hybridized carbons (Fsp3) is 0.529. The average Bonchev–Trinajstić information content (AvgIpc) is 2.98. The quantitative estimate of drug-likeness (QED) is 0.781. The molecule has 0 aliphatic heterocycles. The molecule has 0 saturated heterocycles. The summed E-state index contributed by atoms with van der Waals surface area (Å²) in [4.78, 5) is 0. The highest BCUT2D eigenvalue weighted by atomic mass is 35.5. The Morgan fingerprint density at radius 3 is 2.67 bits per heavy atom. The van der Waals surface area contributed by atoms with E-state index < -0.39 is 0 Å². The summed E-state index contributed by atoms with van der Waals surface area (Å²) in [6.45, 7) is 3.72. The fourth-order valence-corrected chi connectivity index (χ4v) is 2.56. The minimum atomic E-state index is 0. The van der Waals surface area contributed by atoms with Crippen molar-refractivity contribution in [2.75, 3.05) is 13.2 Å². The van der Waals surface area contributed by atoms with Crippen molar-refractivity contribution < 1.29 is 9.47 Å². The zero-order valence-electron chi connectivity index (χ0n) is 12.6. The van der Waals surface area contributed by atoms with Crippen LogP contribution in [-0.2, 0) is 6.54 Å². The molecule has 1 fully saturated rings. The normalized spacial score (nSPS) is 14.3. The lowest BCUT2D eigenvalue weighted by Crippen LogP contribution is -2.25. The zero-order valence-corrected chi connectivity index (χ0v) is 13.4. The monoisotopic (exact) mass is 309 g/mol. The Hall–Kier alpha value is -1.37. The van der Waals surface area contributed by atoms with Crippen molar-refractivity contribution in [1.82, 2.24) is 5.32 Å². The smallest absolute Gasteiger partial charge is 0.162 e. The molecule has 0 aromatic heterocycles. The molecular weight excluding hydrogens is 286 g/mol. The van der Waals surface area contributed by atoms with E-state index in [0.717, 1.165) is 18.0 Å². The van der Waals surface area contributed by atoms with Crippen LogP contribution < -0.4 is 14.8 Å². The van der Waals surface area contributed by atoms with Crippen LogP contribution in [0.3, 0.4) is 0 Å². The lowest BCUT2D eigenvalue weighted by Gasteiger charge is -2.14. The summed E-state index contributed by atoms with van der Waals surface area (Å²) in [6.07, 6.45) is 10.5. The summed E-state index contributed by atoms with van der Waals surface area (Å²) in [5.74, 6) is 3.96. The SMILES string of the molecule is C#CCOc1ccc(CNC2CCCC2)cc1OCC.Cl. The number of hydrogen-bond donors (Lipinski definition) is 1. The van der Waals surface area contributed by atoms with Gasteiger partial charge >= 0.3 is 0 Å². The molecule has 0 unspecified atom stereocenters. The van der Waals surface area contributed by atoms with Gasteiger partial charge in [0.2, 0.25) is 0 Å². The van der Waals surface area contributed by atoms with Crippen LogP contribution in [0, 0.1) is 12.3 Å². The highest BCUT2D eigenvalue weighted by Gasteiger charge is 2.14. The third-order valence-corrected chi connectivity index (χ3v) is 3.57. The molecule has 0 bridgehead atoms. The summed E-state index contributed by atoms with van der Waals surface area (Å²) in [6, 6.07) is 6.71. The van der Waals surface area contributed by atoms with E-state index in [1.165, 1.54) is 31.2 Å². The number of nitrogens with one attached hydrogen (secondary N) is 1. The van der Waals surface area contributed by atoms with Crippen molar-refractivity contribution in [2.45, 2.75) is 45.2 Å². The van der Waals surface area contributed by atoms with Crippen LogP contribution >= 0.6 is 12.4 Å². The molecule has 1 aromatic rings. The van der Waals surface area contributed by atoms with E-state index >= 15 is 0 Å². The van der Waals surface area contributed by atoms with Gasteiger partial charge in [-0.1, -0.05) is 24.8 Å². The lowest BCUT2D eigenvalue weighted by atomic mass is 10.1. The molecule has 0 radical (unpaired) electrons. The maximum absolute atomic E-state index is 5.63. The van der Waals surface area contributed by atoms with Crippen LogP contribution in [0.4, 0.5) is 0 Å². The van der Waals surface area contributed by atoms with Gasteiger partial charge in [0.15, 0.2) is 11.5 Å². The predicted molar refractivity (Wildman–Crippen MR) is 88.3 cm³/mol. The maximum atomic E-state index is 5.63. The molecule has 1 saturated carbocycles. The second-order valence-corrected chi connectivity index (χ2v) is 5.07. The molecule has 0 amide bonds. The van der Waals surface area contributed by atoms with E-state index in [4.69, 9.17) is 15.9 Å². The number of halogens is 1. The minimum absolute atomic E-state index is 0. The van der Waals surface area contributed by atoms with Crippen molar-refractivity contribution in [3.63, 3.8) is 0 Å². The number of hydrogen-bond acceptors (Lipinski definition) is 3. The maximum Gasteiger partial charge on any atom is 0.162 e.